The Balaban J connectivity index is 1.78. The summed E-state index contributed by atoms with van der Waals surface area (Å²) in [5.74, 6) is 0.872. The quantitative estimate of drug-likeness (QED) is 0.832. The third kappa shape index (κ3) is 3.77. The van der Waals surface area contributed by atoms with Crippen molar-refractivity contribution in [1.82, 2.24) is 4.98 Å². The highest BCUT2D eigenvalue weighted by Crippen LogP contribution is 2.49. The molecule has 2 unspecified atom stereocenters. The lowest BCUT2D eigenvalue weighted by atomic mass is 10.2. The van der Waals surface area contributed by atoms with E-state index in [0.717, 1.165) is 0 Å². The number of hydrogen-bond acceptors (Lipinski definition) is 3. The van der Waals surface area contributed by atoms with E-state index in [1.165, 1.54) is 12.3 Å². The van der Waals surface area contributed by atoms with Crippen LogP contribution >= 0.6 is 0 Å². The number of anilines is 1. The molecular weight excluding hydrogens is 247 g/mol. The van der Waals surface area contributed by atoms with E-state index >= 15 is 0 Å². The van der Waals surface area contributed by atoms with Gasteiger partial charge in [-0.1, -0.05) is 6.08 Å². The standard InChI is InChI=1S/C14H17FN2O2/c1-14(15)8-10(14)4-3-5-13(18)17-12-7-6-11(19-2)9-16-12/h3,5-7,9-10H,4,8H2,1-2H3,(H,16,17,18)/b5-3+. The van der Waals surface area contributed by atoms with Gasteiger partial charge in [0.1, 0.15) is 17.2 Å². The van der Waals surface area contributed by atoms with Gasteiger partial charge in [-0.05, 0) is 43.9 Å². The number of aromatic nitrogens is 1. The van der Waals surface area contributed by atoms with Crippen LogP contribution in [0.15, 0.2) is 30.5 Å². The molecule has 2 atom stereocenters. The molecule has 102 valence electrons. The Hall–Kier alpha value is -1.91. The van der Waals surface area contributed by atoms with Gasteiger partial charge in [0.2, 0.25) is 5.91 Å². The Labute approximate surface area is 111 Å². The number of amides is 1. The summed E-state index contributed by atoms with van der Waals surface area (Å²) in [6, 6.07) is 3.37. The van der Waals surface area contributed by atoms with Gasteiger partial charge in [-0.3, -0.25) is 4.79 Å². The lowest BCUT2D eigenvalue weighted by Crippen LogP contribution is -2.09. The highest BCUT2D eigenvalue weighted by Gasteiger charge is 2.49. The van der Waals surface area contributed by atoms with Crippen LogP contribution in [0.4, 0.5) is 10.2 Å². The number of nitrogens with zero attached hydrogens (tertiary/aromatic N) is 1. The molecular formula is C14H17FN2O2. The number of rotatable bonds is 5. The fourth-order valence-corrected chi connectivity index (χ4v) is 1.83. The molecule has 0 aromatic carbocycles. The minimum atomic E-state index is -1.04. The van der Waals surface area contributed by atoms with Crippen molar-refractivity contribution in [1.29, 1.82) is 0 Å². The molecule has 2 rings (SSSR count). The third-order valence-corrected chi connectivity index (χ3v) is 3.25. The maximum atomic E-state index is 13.2. The molecule has 1 fully saturated rings. The lowest BCUT2D eigenvalue weighted by molar-refractivity contribution is -0.111. The van der Waals surface area contributed by atoms with E-state index in [0.29, 0.717) is 24.4 Å². The minimum absolute atomic E-state index is 0.0515. The Morgan fingerprint density at radius 3 is 2.95 bits per heavy atom. The van der Waals surface area contributed by atoms with Crippen LogP contribution in [0.3, 0.4) is 0 Å². The minimum Gasteiger partial charge on any atom is -0.495 e. The average Bonchev–Trinajstić information content (AvgIpc) is 2.98. The van der Waals surface area contributed by atoms with E-state index in [1.807, 2.05) is 0 Å². The van der Waals surface area contributed by atoms with Crippen LogP contribution < -0.4 is 10.1 Å². The van der Waals surface area contributed by atoms with Crippen LogP contribution in [0.5, 0.6) is 5.75 Å². The van der Waals surface area contributed by atoms with E-state index in [2.05, 4.69) is 10.3 Å². The predicted molar refractivity (Wildman–Crippen MR) is 70.8 cm³/mol. The first-order valence-corrected chi connectivity index (χ1v) is 6.18. The van der Waals surface area contributed by atoms with Crippen molar-refractivity contribution in [3.8, 4) is 5.75 Å². The molecule has 1 N–H and O–H groups in total. The van der Waals surface area contributed by atoms with Gasteiger partial charge in [-0.15, -0.1) is 0 Å². The van der Waals surface area contributed by atoms with E-state index in [4.69, 9.17) is 4.74 Å². The first-order chi connectivity index (χ1) is 9.01. The Bertz CT molecular complexity index is 483. The van der Waals surface area contributed by atoms with Crippen LogP contribution in [0.2, 0.25) is 0 Å². The Morgan fingerprint density at radius 1 is 1.68 bits per heavy atom. The number of hydrogen-bond donors (Lipinski definition) is 1. The van der Waals surface area contributed by atoms with Crippen molar-refractivity contribution in [2.75, 3.05) is 12.4 Å². The zero-order valence-electron chi connectivity index (χ0n) is 11.0. The van der Waals surface area contributed by atoms with Crippen LogP contribution in [0.25, 0.3) is 0 Å². The second-order valence-electron chi connectivity index (χ2n) is 4.89. The third-order valence-electron chi connectivity index (χ3n) is 3.25. The molecule has 4 nitrogen and oxygen atoms in total. The molecule has 0 saturated heterocycles. The van der Waals surface area contributed by atoms with Crippen molar-refractivity contribution in [2.24, 2.45) is 5.92 Å². The van der Waals surface area contributed by atoms with Gasteiger partial charge in [0.05, 0.1) is 13.3 Å². The normalized spacial score (nSPS) is 25.3. The zero-order chi connectivity index (χ0) is 13.9. The van der Waals surface area contributed by atoms with Crippen molar-refractivity contribution in [3.05, 3.63) is 30.5 Å². The summed E-state index contributed by atoms with van der Waals surface area (Å²) in [6.07, 6.45) is 5.82. The molecule has 5 heteroatoms. The monoisotopic (exact) mass is 264 g/mol. The van der Waals surface area contributed by atoms with E-state index in [9.17, 15) is 9.18 Å². The van der Waals surface area contributed by atoms with Crippen LogP contribution in [0.1, 0.15) is 19.8 Å². The number of ether oxygens (including phenoxy) is 1. The maximum Gasteiger partial charge on any atom is 0.249 e. The largest absolute Gasteiger partial charge is 0.495 e. The predicted octanol–water partition coefficient (Wildman–Crippen LogP) is 2.72. The van der Waals surface area contributed by atoms with Gasteiger partial charge in [0.25, 0.3) is 0 Å². The van der Waals surface area contributed by atoms with Crippen LogP contribution in [0, 0.1) is 5.92 Å². The summed E-state index contributed by atoms with van der Waals surface area (Å²) in [5.41, 5.74) is -1.04. The smallest absolute Gasteiger partial charge is 0.249 e. The van der Waals surface area contributed by atoms with Gasteiger partial charge in [0.15, 0.2) is 0 Å². The van der Waals surface area contributed by atoms with Gasteiger partial charge < -0.3 is 10.1 Å². The van der Waals surface area contributed by atoms with E-state index in [-0.39, 0.29) is 11.8 Å². The van der Waals surface area contributed by atoms with Gasteiger partial charge in [0, 0.05) is 0 Å². The molecule has 0 radical (unpaired) electrons. The molecule has 0 aliphatic heterocycles. The van der Waals surface area contributed by atoms with Crippen LogP contribution in [-0.2, 0) is 4.79 Å². The summed E-state index contributed by atoms with van der Waals surface area (Å²) in [4.78, 5) is 15.6. The molecule has 1 saturated carbocycles. The van der Waals surface area contributed by atoms with Crippen molar-refractivity contribution in [2.45, 2.75) is 25.4 Å². The summed E-state index contributed by atoms with van der Waals surface area (Å²) in [6.45, 7) is 1.59. The molecule has 1 aromatic heterocycles. The number of alkyl halides is 1. The van der Waals surface area contributed by atoms with E-state index in [1.54, 1.807) is 32.2 Å². The molecule has 1 aromatic rings. The second-order valence-corrected chi connectivity index (χ2v) is 4.89. The maximum absolute atomic E-state index is 13.2. The van der Waals surface area contributed by atoms with Gasteiger partial charge >= 0.3 is 0 Å². The molecule has 0 spiro atoms. The topological polar surface area (TPSA) is 51.2 Å². The number of methoxy groups -OCH3 is 1. The van der Waals surface area contributed by atoms with Crippen molar-refractivity contribution >= 4 is 11.7 Å². The Morgan fingerprint density at radius 2 is 2.42 bits per heavy atom. The SMILES string of the molecule is COc1ccc(NC(=O)/C=C/CC2CC2(C)F)nc1. The van der Waals surface area contributed by atoms with Gasteiger partial charge in [-0.25, -0.2) is 9.37 Å². The zero-order valence-corrected chi connectivity index (χ0v) is 11.0. The Kier molecular flexibility index (Phi) is 3.83. The second kappa shape index (κ2) is 5.38. The first-order valence-electron chi connectivity index (χ1n) is 6.18. The van der Waals surface area contributed by atoms with E-state index < -0.39 is 5.67 Å². The number of carbonyl (C=O) groups excluding carboxylic acids is 1. The number of halogens is 1. The van der Waals surface area contributed by atoms with Gasteiger partial charge in [-0.2, -0.15) is 0 Å². The number of pyridine rings is 1. The molecule has 1 aliphatic rings. The van der Waals surface area contributed by atoms with Crippen molar-refractivity contribution < 1.29 is 13.9 Å². The molecule has 1 amide bonds. The molecule has 0 bridgehead atoms. The highest BCUT2D eigenvalue weighted by molar-refractivity contribution is 5.98. The number of carbonyl (C=O) groups is 1. The average molecular weight is 264 g/mol. The summed E-state index contributed by atoms with van der Waals surface area (Å²) in [5, 5.41) is 2.62. The fraction of sp³-hybridized carbons (Fsp3) is 0.429. The molecule has 1 heterocycles. The van der Waals surface area contributed by atoms with Crippen molar-refractivity contribution in [3.63, 3.8) is 0 Å². The number of nitrogens with one attached hydrogen (secondary N) is 1. The lowest BCUT2D eigenvalue weighted by Gasteiger charge is -2.02. The molecule has 19 heavy (non-hydrogen) atoms. The highest BCUT2D eigenvalue weighted by atomic mass is 19.1. The number of allylic oxidation sites excluding steroid dienone is 1. The van der Waals surface area contributed by atoms with Crippen LogP contribution in [-0.4, -0.2) is 23.7 Å². The summed E-state index contributed by atoms with van der Waals surface area (Å²) < 4.78 is 18.2. The summed E-state index contributed by atoms with van der Waals surface area (Å²) >= 11 is 0. The summed E-state index contributed by atoms with van der Waals surface area (Å²) in [7, 11) is 1.55. The first kappa shape index (κ1) is 13.5. The molecule has 1 aliphatic carbocycles. The fourth-order valence-electron chi connectivity index (χ4n) is 1.83.